The van der Waals surface area contributed by atoms with Crippen molar-refractivity contribution in [2.45, 2.75) is 0 Å². The number of nitrogens with one attached hydrogen (secondary N) is 1. The van der Waals surface area contributed by atoms with Gasteiger partial charge in [-0.05, 0) is 18.2 Å². The van der Waals surface area contributed by atoms with Crippen LogP contribution in [0.25, 0.3) is 10.9 Å². The van der Waals surface area contributed by atoms with E-state index < -0.39 is 5.56 Å². The zero-order valence-corrected chi connectivity index (χ0v) is 14.6. The molecule has 0 unspecified atom stereocenters. The molecule has 26 heavy (non-hydrogen) atoms. The van der Waals surface area contributed by atoms with Gasteiger partial charge in [-0.2, -0.15) is 0 Å². The number of anilines is 1. The van der Waals surface area contributed by atoms with Crippen LogP contribution in [0.2, 0.25) is 5.02 Å². The summed E-state index contributed by atoms with van der Waals surface area (Å²) in [5.41, 5.74) is 0.887. The van der Waals surface area contributed by atoms with Gasteiger partial charge < -0.3 is 14.8 Å². The molecule has 2 aromatic heterocycles. The molecule has 0 bridgehead atoms. The monoisotopic (exact) mass is 369 g/mol. The lowest BCUT2D eigenvalue weighted by atomic mass is 10.2. The van der Waals surface area contributed by atoms with Crippen molar-refractivity contribution in [1.29, 1.82) is 0 Å². The van der Waals surface area contributed by atoms with E-state index in [0.29, 0.717) is 31.7 Å². The highest BCUT2D eigenvalue weighted by atomic mass is 35.5. The van der Waals surface area contributed by atoms with Crippen LogP contribution in [-0.2, 0) is 0 Å². The molecule has 0 atom stereocenters. The number of piperazine rings is 1. The van der Waals surface area contributed by atoms with Crippen molar-refractivity contribution in [3.63, 3.8) is 0 Å². The SMILES string of the molecule is O=C(c1c[nH]c(=O)c(Cl)c1)N1CCN(c2ncnc3ccccc23)CC1. The molecule has 1 amide bonds. The van der Waals surface area contributed by atoms with E-state index in [1.54, 1.807) is 11.2 Å². The van der Waals surface area contributed by atoms with Crippen LogP contribution < -0.4 is 10.5 Å². The first-order chi connectivity index (χ1) is 12.6. The molecule has 1 saturated heterocycles. The summed E-state index contributed by atoms with van der Waals surface area (Å²) in [6.07, 6.45) is 2.97. The van der Waals surface area contributed by atoms with Crippen LogP contribution in [0.1, 0.15) is 10.4 Å². The second kappa shape index (κ2) is 6.76. The number of halogens is 1. The molecular formula is C18H16ClN5O2. The molecule has 3 heterocycles. The summed E-state index contributed by atoms with van der Waals surface area (Å²) in [4.78, 5) is 39.1. The maximum atomic E-state index is 12.6. The molecule has 1 aromatic carbocycles. The summed E-state index contributed by atoms with van der Waals surface area (Å²) in [5, 5.41) is 1.02. The number of H-pyrrole nitrogens is 1. The van der Waals surface area contributed by atoms with E-state index in [0.717, 1.165) is 16.7 Å². The number of aromatic nitrogens is 3. The first-order valence-corrected chi connectivity index (χ1v) is 8.63. The number of hydrogen-bond acceptors (Lipinski definition) is 5. The van der Waals surface area contributed by atoms with Crippen LogP contribution in [0.3, 0.4) is 0 Å². The largest absolute Gasteiger partial charge is 0.352 e. The molecule has 1 aliphatic rings. The Morgan fingerprint density at radius 1 is 1.12 bits per heavy atom. The van der Waals surface area contributed by atoms with E-state index in [9.17, 15) is 9.59 Å². The van der Waals surface area contributed by atoms with Gasteiger partial charge in [-0.3, -0.25) is 9.59 Å². The van der Waals surface area contributed by atoms with Crippen molar-refractivity contribution < 1.29 is 4.79 Å². The molecule has 132 valence electrons. The van der Waals surface area contributed by atoms with Gasteiger partial charge in [0.25, 0.3) is 11.5 Å². The normalized spacial score (nSPS) is 14.7. The zero-order chi connectivity index (χ0) is 18.1. The number of amides is 1. The number of aromatic amines is 1. The van der Waals surface area contributed by atoms with Crippen molar-refractivity contribution in [2.75, 3.05) is 31.1 Å². The fourth-order valence-electron chi connectivity index (χ4n) is 3.13. The molecule has 0 aliphatic carbocycles. The lowest BCUT2D eigenvalue weighted by Crippen LogP contribution is -2.49. The van der Waals surface area contributed by atoms with Gasteiger partial charge in [0.1, 0.15) is 17.2 Å². The standard InChI is InChI=1S/C18H16ClN5O2/c19-14-9-12(10-20-17(14)25)18(26)24-7-5-23(6-8-24)16-13-3-1-2-4-15(13)21-11-22-16/h1-4,9-11H,5-8H2,(H,20,25). The molecule has 1 fully saturated rings. The molecule has 3 aromatic rings. The number of rotatable bonds is 2. The molecule has 4 rings (SSSR count). The van der Waals surface area contributed by atoms with Gasteiger partial charge in [-0.25, -0.2) is 9.97 Å². The number of benzene rings is 1. The first kappa shape index (κ1) is 16.5. The van der Waals surface area contributed by atoms with Crippen molar-refractivity contribution in [3.05, 3.63) is 63.8 Å². The Morgan fingerprint density at radius 2 is 1.88 bits per heavy atom. The van der Waals surface area contributed by atoms with E-state index in [4.69, 9.17) is 11.6 Å². The van der Waals surface area contributed by atoms with E-state index in [2.05, 4.69) is 19.9 Å². The number of pyridine rings is 1. The number of nitrogens with zero attached hydrogens (tertiary/aromatic N) is 4. The van der Waals surface area contributed by atoms with Gasteiger partial charge in [-0.1, -0.05) is 23.7 Å². The minimum atomic E-state index is -0.399. The summed E-state index contributed by atoms with van der Waals surface area (Å²) >= 11 is 5.82. The van der Waals surface area contributed by atoms with Gasteiger partial charge >= 0.3 is 0 Å². The van der Waals surface area contributed by atoms with Crippen LogP contribution in [-0.4, -0.2) is 51.9 Å². The van der Waals surface area contributed by atoms with Crippen LogP contribution in [0.4, 0.5) is 5.82 Å². The number of para-hydroxylation sites is 1. The molecule has 0 spiro atoms. The molecule has 0 radical (unpaired) electrons. The highest BCUT2D eigenvalue weighted by molar-refractivity contribution is 6.30. The number of carbonyl (C=O) groups excluding carboxylic acids is 1. The molecular weight excluding hydrogens is 354 g/mol. The van der Waals surface area contributed by atoms with Crippen LogP contribution in [0.15, 0.2) is 47.7 Å². The quantitative estimate of drug-likeness (QED) is 0.746. The van der Waals surface area contributed by atoms with E-state index in [-0.39, 0.29) is 10.9 Å². The number of fused-ring (bicyclic) bond motifs is 1. The lowest BCUT2D eigenvalue weighted by Gasteiger charge is -2.35. The Kier molecular flexibility index (Phi) is 4.30. The van der Waals surface area contributed by atoms with Crippen LogP contribution in [0.5, 0.6) is 0 Å². The molecule has 1 N–H and O–H groups in total. The van der Waals surface area contributed by atoms with Crippen molar-refractivity contribution >= 4 is 34.2 Å². The predicted molar refractivity (Wildman–Crippen MR) is 99.7 cm³/mol. The maximum Gasteiger partial charge on any atom is 0.266 e. The minimum Gasteiger partial charge on any atom is -0.352 e. The third kappa shape index (κ3) is 3.01. The van der Waals surface area contributed by atoms with Gasteiger partial charge in [0.2, 0.25) is 0 Å². The van der Waals surface area contributed by atoms with Crippen LogP contribution >= 0.6 is 11.6 Å². The highest BCUT2D eigenvalue weighted by Crippen LogP contribution is 2.23. The lowest BCUT2D eigenvalue weighted by molar-refractivity contribution is 0.0746. The smallest absolute Gasteiger partial charge is 0.266 e. The summed E-state index contributed by atoms with van der Waals surface area (Å²) in [6, 6.07) is 9.29. The fourth-order valence-corrected chi connectivity index (χ4v) is 3.30. The fraction of sp³-hybridized carbons (Fsp3) is 0.222. The van der Waals surface area contributed by atoms with Crippen molar-refractivity contribution in [3.8, 4) is 0 Å². The number of carbonyl (C=O) groups is 1. The molecule has 1 aliphatic heterocycles. The average molecular weight is 370 g/mol. The Morgan fingerprint density at radius 3 is 2.65 bits per heavy atom. The topological polar surface area (TPSA) is 82.2 Å². The Balaban J connectivity index is 1.51. The van der Waals surface area contributed by atoms with E-state index in [1.807, 2.05) is 24.3 Å². The van der Waals surface area contributed by atoms with Gasteiger partial charge in [-0.15, -0.1) is 0 Å². The van der Waals surface area contributed by atoms with Gasteiger partial charge in [0.05, 0.1) is 11.1 Å². The third-order valence-electron chi connectivity index (χ3n) is 4.49. The molecule has 8 heteroatoms. The maximum absolute atomic E-state index is 12.6. The highest BCUT2D eigenvalue weighted by Gasteiger charge is 2.24. The predicted octanol–water partition coefficient (Wildman–Crippen LogP) is 1.93. The summed E-state index contributed by atoms with van der Waals surface area (Å²) < 4.78 is 0. The van der Waals surface area contributed by atoms with Gasteiger partial charge in [0, 0.05) is 37.8 Å². The molecule has 0 saturated carbocycles. The minimum absolute atomic E-state index is 0.0157. The third-order valence-corrected chi connectivity index (χ3v) is 4.77. The second-order valence-corrected chi connectivity index (χ2v) is 6.47. The zero-order valence-electron chi connectivity index (χ0n) is 13.9. The first-order valence-electron chi connectivity index (χ1n) is 8.26. The Labute approximate surface area is 154 Å². The molecule has 7 nitrogen and oxygen atoms in total. The van der Waals surface area contributed by atoms with Gasteiger partial charge in [0.15, 0.2) is 0 Å². The van der Waals surface area contributed by atoms with Crippen LogP contribution in [0, 0.1) is 0 Å². The summed E-state index contributed by atoms with van der Waals surface area (Å²) in [7, 11) is 0. The second-order valence-electron chi connectivity index (χ2n) is 6.06. The van der Waals surface area contributed by atoms with E-state index >= 15 is 0 Å². The van der Waals surface area contributed by atoms with Crippen molar-refractivity contribution in [1.82, 2.24) is 19.9 Å². The summed E-state index contributed by atoms with van der Waals surface area (Å²) in [5.74, 6) is 0.741. The Bertz CT molecular complexity index is 1020. The van der Waals surface area contributed by atoms with E-state index in [1.165, 1.54) is 12.3 Å². The average Bonchev–Trinajstić information content (AvgIpc) is 2.69. The number of hydrogen-bond donors (Lipinski definition) is 1. The summed E-state index contributed by atoms with van der Waals surface area (Å²) in [6.45, 7) is 2.47. The van der Waals surface area contributed by atoms with Crippen molar-refractivity contribution in [2.24, 2.45) is 0 Å². The Hall–Kier alpha value is -2.93.